The number of hydrogen-bond donors (Lipinski definition) is 2. The molecule has 1 aliphatic heterocycles. The summed E-state index contributed by atoms with van der Waals surface area (Å²) >= 11 is 0. The van der Waals surface area contributed by atoms with Crippen molar-refractivity contribution in [3.8, 4) is 33.6 Å². The van der Waals surface area contributed by atoms with Gasteiger partial charge in [-0.3, -0.25) is 4.98 Å². The zero-order valence-corrected chi connectivity index (χ0v) is 27.5. The Morgan fingerprint density at radius 1 is 0.771 bits per heavy atom. The molecular formula is C44H38N4. The Kier molecular flexibility index (Phi) is 9.64. The Morgan fingerprint density at radius 2 is 1.48 bits per heavy atom. The first-order chi connectivity index (χ1) is 23.6. The van der Waals surface area contributed by atoms with E-state index < -0.39 is 0 Å². The highest BCUT2D eigenvalue weighted by atomic mass is 14.9. The van der Waals surface area contributed by atoms with Crippen molar-refractivity contribution in [3.05, 3.63) is 180 Å². The highest BCUT2D eigenvalue weighted by Gasteiger charge is 2.18. The van der Waals surface area contributed by atoms with E-state index in [2.05, 4.69) is 110 Å². The van der Waals surface area contributed by atoms with Crippen molar-refractivity contribution in [2.75, 3.05) is 0 Å². The van der Waals surface area contributed by atoms with Gasteiger partial charge in [-0.05, 0) is 65.1 Å². The molecule has 0 bridgehead atoms. The van der Waals surface area contributed by atoms with Gasteiger partial charge in [0.15, 0.2) is 0 Å². The second-order valence-electron chi connectivity index (χ2n) is 11.2. The number of nitrogens with one attached hydrogen (secondary N) is 2. The third-order valence-corrected chi connectivity index (χ3v) is 8.38. The summed E-state index contributed by atoms with van der Waals surface area (Å²) in [5.74, 6) is 0. The molecule has 7 rings (SSSR count). The molecule has 4 nitrogen and oxygen atoms in total. The van der Waals surface area contributed by atoms with Crippen LogP contribution < -0.4 is 5.32 Å². The molecule has 1 aliphatic carbocycles. The van der Waals surface area contributed by atoms with Crippen molar-refractivity contribution in [3.63, 3.8) is 0 Å². The van der Waals surface area contributed by atoms with Crippen molar-refractivity contribution in [1.82, 2.24) is 15.3 Å². The lowest BCUT2D eigenvalue weighted by Gasteiger charge is -2.20. The zero-order valence-electron chi connectivity index (χ0n) is 27.5. The minimum Gasteiger partial charge on any atom is -0.361 e. The van der Waals surface area contributed by atoms with E-state index in [1.165, 1.54) is 0 Å². The van der Waals surface area contributed by atoms with E-state index >= 15 is 0 Å². The normalized spacial score (nSPS) is 15.2. The van der Waals surface area contributed by atoms with Crippen LogP contribution in [0, 0.1) is 12.3 Å². The fourth-order valence-electron chi connectivity index (χ4n) is 6.01. The molecule has 0 radical (unpaired) electrons. The number of dihydropyridines is 1. The van der Waals surface area contributed by atoms with Crippen LogP contribution in [0.3, 0.4) is 0 Å². The van der Waals surface area contributed by atoms with Gasteiger partial charge in [0.2, 0.25) is 0 Å². The van der Waals surface area contributed by atoms with E-state index in [9.17, 15) is 0 Å². The molecule has 3 heterocycles. The van der Waals surface area contributed by atoms with E-state index in [1.807, 2.05) is 68.8 Å². The minimum atomic E-state index is 0.488. The summed E-state index contributed by atoms with van der Waals surface area (Å²) in [4.78, 5) is 9.98. The lowest BCUT2D eigenvalue weighted by atomic mass is 9.91. The maximum absolute atomic E-state index is 8.47. The summed E-state index contributed by atoms with van der Waals surface area (Å²) in [7, 11) is 0. The van der Waals surface area contributed by atoms with Crippen LogP contribution in [0.25, 0.3) is 56.2 Å². The first-order valence-electron chi connectivity index (χ1n) is 16.3. The number of hydrogen-bond acceptors (Lipinski definition) is 4. The predicted octanol–water partition coefficient (Wildman–Crippen LogP) is 11.1. The number of allylic oxidation sites excluding steroid dienone is 10. The van der Waals surface area contributed by atoms with Crippen LogP contribution in [0.4, 0.5) is 0 Å². The van der Waals surface area contributed by atoms with Crippen LogP contribution in [-0.4, -0.2) is 15.7 Å². The summed E-state index contributed by atoms with van der Waals surface area (Å²) in [5, 5.41) is 12.9. The standard InChI is InChI=1S/C42H32N4.C2H6/c1-3-4-11-29-12-7-16-34(28(29)2)39-26-33(27-40(46-39)37-17-8-13-32-14-9-24-44-41(32)37)30-20-22-31(23-21-30)35-18-10-25-45-42(35)36-15-5-6-19-38(36)43;1-2/h3-27,43,45H,1H2,2H3;1-2H3/b11-4-,42-36-,43-38?;. The lowest BCUT2D eigenvalue weighted by Crippen LogP contribution is -2.16. The number of benzene rings is 3. The van der Waals surface area contributed by atoms with E-state index in [0.717, 1.165) is 78.1 Å². The predicted molar refractivity (Wildman–Crippen MR) is 204 cm³/mol. The van der Waals surface area contributed by atoms with E-state index in [-0.39, 0.29) is 0 Å². The molecule has 4 heteroatoms. The van der Waals surface area contributed by atoms with Crippen LogP contribution in [0.2, 0.25) is 0 Å². The van der Waals surface area contributed by atoms with Crippen LogP contribution in [0.15, 0.2) is 164 Å². The Morgan fingerprint density at radius 3 is 2.27 bits per heavy atom. The first kappa shape index (κ1) is 31.8. The maximum atomic E-state index is 8.47. The SMILES string of the molecule is C=C/C=C\c1cccc(-c2cc(-c3ccc(C4=CC=CN/C4=C4/C=CC=CC4=N)cc3)cc(-c3cccc4cccnc34)n2)c1C.CC. The molecule has 5 aromatic rings. The van der Waals surface area contributed by atoms with Gasteiger partial charge in [0.25, 0.3) is 0 Å². The average molecular weight is 623 g/mol. The molecule has 0 atom stereocenters. The Balaban J connectivity index is 0.00000197. The molecule has 0 amide bonds. The van der Waals surface area contributed by atoms with Gasteiger partial charge < -0.3 is 10.7 Å². The number of pyridine rings is 2. The molecular weight excluding hydrogens is 585 g/mol. The van der Waals surface area contributed by atoms with Crippen LogP contribution in [0.1, 0.15) is 30.5 Å². The van der Waals surface area contributed by atoms with Gasteiger partial charge in [-0.1, -0.05) is 130 Å². The highest BCUT2D eigenvalue weighted by molar-refractivity contribution is 6.12. The van der Waals surface area contributed by atoms with Gasteiger partial charge in [0.1, 0.15) is 0 Å². The van der Waals surface area contributed by atoms with Crippen molar-refractivity contribution in [2.24, 2.45) is 0 Å². The molecule has 48 heavy (non-hydrogen) atoms. The maximum Gasteiger partial charge on any atom is 0.0795 e. The monoisotopic (exact) mass is 622 g/mol. The second kappa shape index (κ2) is 14.5. The van der Waals surface area contributed by atoms with Crippen LogP contribution in [-0.2, 0) is 0 Å². The fraction of sp³-hybridized carbons (Fsp3) is 0.0682. The smallest absolute Gasteiger partial charge is 0.0795 e. The molecule has 0 fully saturated rings. The Labute approximate surface area is 283 Å². The fourth-order valence-corrected chi connectivity index (χ4v) is 6.01. The molecule has 3 aromatic carbocycles. The molecule has 234 valence electrons. The van der Waals surface area contributed by atoms with Crippen LogP contribution in [0.5, 0.6) is 0 Å². The highest BCUT2D eigenvalue weighted by Crippen LogP contribution is 2.36. The number of fused-ring (bicyclic) bond motifs is 1. The van der Waals surface area contributed by atoms with Crippen LogP contribution >= 0.6 is 0 Å². The largest absolute Gasteiger partial charge is 0.361 e. The quantitative estimate of drug-likeness (QED) is 0.185. The average Bonchev–Trinajstić information content (AvgIpc) is 3.15. The molecule has 0 spiro atoms. The Hall–Kier alpha value is -6.13. The minimum absolute atomic E-state index is 0.488. The van der Waals surface area contributed by atoms with Crippen molar-refractivity contribution in [1.29, 1.82) is 5.41 Å². The Bertz CT molecular complexity index is 2200. The van der Waals surface area contributed by atoms with Crippen molar-refractivity contribution >= 4 is 28.3 Å². The number of aromatic nitrogens is 2. The zero-order chi connectivity index (χ0) is 33.5. The van der Waals surface area contributed by atoms with Crippen molar-refractivity contribution < 1.29 is 0 Å². The molecule has 0 saturated carbocycles. The van der Waals surface area contributed by atoms with Gasteiger partial charge in [-0.15, -0.1) is 0 Å². The van der Waals surface area contributed by atoms with Gasteiger partial charge in [-0.25, -0.2) is 4.98 Å². The summed E-state index contributed by atoms with van der Waals surface area (Å²) in [5.41, 5.74) is 13.6. The number of nitrogens with zero attached hydrogens (tertiary/aromatic N) is 2. The van der Waals surface area contributed by atoms with Gasteiger partial charge in [0.05, 0.1) is 28.3 Å². The number of para-hydroxylation sites is 1. The third-order valence-electron chi connectivity index (χ3n) is 8.38. The van der Waals surface area contributed by atoms with E-state index in [0.29, 0.717) is 5.71 Å². The van der Waals surface area contributed by atoms with Crippen molar-refractivity contribution in [2.45, 2.75) is 20.8 Å². The number of rotatable bonds is 6. The molecule has 0 unspecified atom stereocenters. The summed E-state index contributed by atoms with van der Waals surface area (Å²) in [6.45, 7) is 9.98. The molecule has 2 N–H and O–H groups in total. The van der Waals surface area contributed by atoms with E-state index in [1.54, 1.807) is 6.08 Å². The molecule has 2 aromatic heterocycles. The first-order valence-corrected chi connectivity index (χ1v) is 16.3. The van der Waals surface area contributed by atoms with E-state index in [4.69, 9.17) is 15.4 Å². The topological polar surface area (TPSA) is 61.7 Å². The third kappa shape index (κ3) is 6.42. The summed E-state index contributed by atoms with van der Waals surface area (Å²) < 4.78 is 0. The molecule has 0 saturated heterocycles. The summed E-state index contributed by atoms with van der Waals surface area (Å²) in [6.07, 6.45) is 21.3. The second-order valence-corrected chi connectivity index (χ2v) is 11.2. The summed E-state index contributed by atoms with van der Waals surface area (Å²) in [6, 6.07) is 29.6. The molecule has 2 aliphatic rings. The van der Waals surface area contributed by atoms with Gasteiger partial charge in [-0.2, -0.15) is 0 Å². The van der Waals surface area contributed by atoms with Gasteiger partial charge >= 0.3 is 0 Å². The lowest BCUT2D eigenvalue weighted by molar-refractivity contribution is 1.09. The van der Waals surface area contributed by atoms with Gasteiger partial charge in [0, 0.05) is 40.1 Å².